The van der Waals surface area contributed by atoms with Gasteiger partial charge in [-0.3, -0.25) is 0 Å². The van der Waals surface area contributed by atoms with Crippen LogP contribution < -0.4 is 5.32 Å². The van der Waals surface area contributed by atoms with E-state index in [1.54, 1.807) is 0 Å². The van der Waals surface area contributed by atoms with Crippen molar-refractivity contribution in [3.63, 3.8) is 0 Å². The molecule has 1 fully saturated rings. The summed E-state index contributed by atoms with van der Waals surface area (Å²) in [7, 11) is 0. The number of nitrogens with one attached hydrogen (secondary N) is 1. The maximum atomic E-state index is 3.83. The van der Waals surface area contributed by atoms with Crippen molar-refractivity contribution in [3.05, 3.63) is 12.7 Å². The van der Waals surface area contributed by atoms with E-state index in [-0.39, 0.29) is 0 Å². The van der Waals surface area contributed by atoms with Crippen molar-refractivity contribution >= 4 is 11.8 Å². The van der Waals surface area contributed by atoms with Crippen molar-refractivity contribution in [2.75, 3.05) is 12.3 Å². The molecule has 0 aromatic rings. The van der Waals surface area contributed by atoms with Gasteiger partial charge in [-0.1, -0.05) is 19.4 Å². The van der Waals surface area contributed by atoms with Crippen LogP contribution in [0.3, 0.4) is 0 Å². The third-order valence-corrected chi connectivity index (χ3v) is 4.07. The molecule has 76 valence electrons. The van der Waals surface area contributed by atoms with Gasteiger partial charge in [-0.15, -0.1) is 6.58 Å². The van der Waals surface area contributed by atoms with Gasteiger partial charge in [0.15, 0.2) is 0 Å². The molecule has 1 aliphatic heterocycles. The summed E-state index contributed by atoms with van der Waals surface area (Å²) in [6, 6.07) is 0.660. The third kappa shape index (κ3) is 3.74. The molecule has 1 N–H and O–H groups in total. The lowest BCUT2D eigenvalue weighted by atomic mass is 10.0. The van der Waals surface area contributed by atoms with Crippen LogP contribution in [0.5, 0.6) is 0 Å². The van der Waals surface area contributed by atoms with E-state index in [9.17, 15) is 0 Å². The quantitative estimate of drug-likeness (QED) is 0.683. The summed E-state index contributed by atoms with van der Waals surface area (Å²) in [6.45, 7) is 7.09. The largest absolute Gasteiger partial charge is 0.313 e. The van der Waals surface area contributed by atoms with E-state index in [1.165, 1.54) is 25.0 Å². The van der Waals surface area contributed by atoms with E-state index in [2.05, 4.69) is 30.6 Å². The highest BCUT2D eigenvalue weighted by molar-refractivity contribution is 8.00. The van der Waals surface area contributed by atoms with Crippen molar-refractivity contribution in [1.82, 2.24) is 5.32 Å². The molecule has 2 atom stereocenters. The van der Waals surface area contributed by atoms with Crippen LogP contribution in [0.15, 0.2) is 12.7 Å². The van der Waals surface area contributed by atoms with Gasteiger partial charge >= 0.3 is 0 Å². The zero-order chi connectivity index (χ0) is 9.52. The van der Waals surface area contributed by atoms with Crippen molar-refractivity contribution in [1.29, 1.82) is 0 Å². The van der Waals surface area contributed by atoms with Crippen LogP contribution in [0.2, 0.25) is 0 Å². The molecule has 13 heavy (non-hydrogen) atoms. The first-order chi connectivity index (χ1) is 6.38. The smallest absolute Gasteiger partial charge is 0.0220 e. The van der Waals surface area contributed by atoms with Crippen LogP contribution in [-0.2, 0) is 0 Å². The second-order valence-electron chi connectivity index (χ2n) is 3.59. The Hall–Kier alpha value is 0.0500. The second kappa shape index (κ2) is 6.50. The lowest BCUT2D eigenvalue weighted by Gasteiger charge is -2.29. The summed E-state index contributed by atoms with van der Waals surface area (Å²) in [4.78, 5) is 0. The Kier molecular flexibility index (Phi) is 5.56. The van der Waals surface area contributed by atoms with Gasteiger partial charge in [0.25, 0.3) is 0 Å². The Balaban J connectivity index is 2.36. The molecule has 1 heterocycles. The average molecular weight is 199 g/mol. The number of thioether (sulfide) groups is 1. The van der Waals surface area contributed by atoms with Gasteiger partial charge in [0.1, 0.15) is 0 Å². The van der Waals surface area contributed by atoms with Crippen LogP contribution >= 0.6 is 11.8 Å². The summed E-state index contributed by atoms with van der Waals surface area (Å²) < 4.78 is 0. The molecule has 0 aromatic heterocycles. The van der Waals surface area contributed by atoms with Gasteiger partial charge in [-0.2, -0.15) is 11.8 Å². The predicted molar refractivity (Wildman–Crippen MR) is 62.4 cm³/mol. The zero-order valence-electron chi connectivity index (χ0n) is 8.59. The van der Waals surface area contributed by atoms with Crippen molar-refractivity contribution in [2.45, 2.75) is 43.9 Å². The molecule has 1 saturated heterocycles. The lowest BCUT2D eigenvalue weighted by Crippen LogP contribution is -2.38. The SMILES string of the molecule is C=CCC(NCC)C1CCCCS1. The topological polar surface area (TPSA) is 12.0 Å². The van der Waals surface area contributed by atoms with Crippen molar-refractivity contribution in [3.8, 4) is 0 Å². The first-order valence-corrected chi connectivity index (χ1v) is 6.39. The minimum absolute atomic E-state index is 0.660. The molecule has 0 aromatic carbocycles. The zero-order valence-corrected chi connectivity index (χ0v) is 9.41. The van der Waals surface area contributed by atoms with Gasteiger partial charge in [-0.25, -0.2) is 0 Å². The van der Waals surface area contributed by atoms with E-state index in [0.717, 1.165) is 18.2 Å². The van der Waals surface area contributed by atoms with Crippen molar-refractivity contribution < 1.29 is 0 Å². The van der Waals surface area contributed by atoms with Gasteiger partial charge in [0.05, 0.1) is 0 Å². The Bertz CT molecular complexity index is 141. The summed E-state index contributed by atoms with van der Waals surface area (Å²) in [5.74, 6) is 1.35. The minimum Gasteiger partial charge on any atom is -0.313 e. The Morgan fingerprint density at radius 2 is 2.46 bits per heavy atom. The second-order valence-corrected chi connectivity index (χ2v) is 4.94. The van der Waals surface area contributed by atoms with E-state index in [0.29, 0.717) is 6.04 Å². The fourth-order valence-electron chi connectivity index (χ4n) is 1.89. The number of hydrogen-bond acceptors (Lipinski definition) is 2. The lowest BCUT2D eigenvalue weighted by molar-refractivity contribution is 0.478. The number of rotatable bonds is 5. The summed E-state index contributed by atoms with van der Waals surface area (Å²) in [6.07, 6.45) is 7.37. The monoisotopic (exact) mass is 199 g/mol. The molecule has 1 nitrogen and oxygen atoms in total. The molecular formula is C11H21NS. The highest BCUT2D eigenvalue weighted by Crippen LogP contribution is 2.28. The normalized spacial score (nSPS) is 25.5. The van der Waals surface area contributed by atoms with Crippen LogP contribution in [0, 0.1) is 0 Å². The average Bonchev–Trinajstić information content (AvgIpc) is 2.19. The molecule has 0 saturated carbocycles. The predicted octanol–water partition coefficient (Wildman–Crippen LogP) is 2.83. The van der Waals surface area contributed by atoms with Gasteiger partial charge in [0.2, 0.25) is 0 Å². The van der Waals surface area contributed by atoms with Crippen LogP contribution in [0.1, 0.15) is 32.6 Å². The molecule has 0 spiro atoms. The summed E-state index contributed by atoms with van der Waals surface area (Å²) in [5.41, 5.74) is 0. The van der Waals surface area contributed by atoms with E-state index < -0.39 is 0 Å². The Morgan fingerprint density at radius 3 is 3.00 bits per heavy atom. The van der Waals surface area contributed by atoms with Crippen LogP contribution in [0.25, 0.3) is 0 Å². The fourth-order valence-corrected chi connectivity index (χ4v) is 3.34. The van der Waals surface area contributed by atoms with E-state index >= 15 is 0 Å². The summed E-state index contributed by atoms with van der Waals surface area (Å²) >= 11 is 2.14. The molecule has 0 amide bonds. The number of hydrogen-bond donors (Lipinski definition) is 1. The maximum absolute atomic E-state index is 3.83. The third-order valence-electron chi connectivity index (χ3n) is 2.55. The van der Waals surface area contributed by atoms with Gasteiger partial charge in [-0.05, 0) is 31.6 Å². The fraction of sp³-hybridized carbons (Fsp3) is 0.818. The van der Waals surface area contributed by atoms with Crippen LogP contribution in [0.4, 0.5) is 0 Å². The Labute approximate surface area is 86.4 Å². The highest BCUT2D eigenvalue weighted by Gasteiger charge is 2.21. The molecule has 2 heteroatoms. The standard InChI is InChI=1S/C11H21NS/c1-3-7-10(12-4-2)11-8-5-6-9-13-11/h3,10-12H,1,4-9H2,2H3. The summed E-state index contributed by atoms with van der Waals surface area (Å²) in [5, 5.41) is 4.39. The van der Waals surface area contributed by atoms with Crippen LogP contribution in [-0.4, -0.2) is 23.6 Å². The molecule has 0 aliphatic carbocycles. The van der Waals surface area contributed by atoms with Gasteiger partial charge < -0.3 is 5.32 Å². The Morgan fingerprint density at radius 1 is 1.62 bits per heavy atom. The molecule has 0 bridgehead atoms. The first kappa shape index (κ1) is 11.1. The molecule has 2 unspecified atom stereocenters. The molecular weight excluding hydrogens is 178 g/mol. The molecule has 0 radical (unpaired) electrons. The molecule has 1 aliphatic rings. The van der Waals surface area contributed by atoms with Gasteiger partial charge in [0, 0.05) is 11.3 Å². The van der Waals surface area contributed by atoms with E-state index in [1.807, 2.05) is 6.08 Å². The first-order valence-electron chi connectivity index (χ1n) is 5.34. The minimum atomic E-state index is 0.660. The van der Waals surface area contributed by atoms with E-state index in [4.69, 9.17) is 0 Å². The molecule has 1 rings (SSSR count). The highest BCUT2D eigenvalue weighted by atomic mass is 32.2. The maximum Gasteiger partial charge on any atom is 0.0220 e. The van der Waals surface area contributed by atoms with Crippen molar-refractivity contribution in [2.24, 2.45) is 0 Å².